The van der Waals surface area contributed by atoms with Crippen LogP contribution in [0.5, 0.6) is 0 Å². The number of rotatable bonds is 6. The number of nitrogens with zero attached hydrogens (tertiary/aromatic N) is 2. The Morgan fingerprint density at radius 3 is 2.73 bits per heavy atom. The number of hydrogen-bond acceptors (Lipinski definition) is 5. The number of halogens is 1. The molecule has 0 radical (unpaired) electrons. The molecule has 0 saturated carbocycles. The summed E-state index contributed by atoms with van der Waals surface area (Å²) in [6, 6.07) is 8.29. The van der Waals surface area contributed by atoms with Crippen LogP contribution in [0.15, 0.2) is 34.9 Å². The molecule has 2 atom stereocenters. The molecule has 2 amide bonds. The zero-order valence-electron chi connectivity index (χ0n) is 17.5. The van der Waals surface area contributed by atoms with E-state index in [9.17, 15) is 14.0 Å². The highest BCUT2D eigenvalue weighted by Crippen LogP contribution is 2.19. The molecule has 2 unspecified atom stereocenters. The molecule has 1 aromatic carbocycles. The maximum atomic E-state index is 13.1. The van der Waals surface area contributed by atoms with Gasteiger partial charge in [-0.3, -0.25) is 9.59 Å². The van der Waals surface area contributed by atoms with Crippen molar-refractivity contribution in [3.8, 4) is 0 Å². The average Bonchev–Trinajstić information content (AvgIpc) is 3.16. The van der Waals surface area contributed by atoms with Crippen molar-refractivity contribution >= 4 is 11.8 Å². The lowest BCUT2D eigenvalue weighted by Crippen LogP contribution is -2.41. The van der Waals surface area contributed by atoms with Crippen molar-refractivity contribution in [2.45, 2.75) is 51.7 Å². The average molecular weight is 416 g/mol. The molecule has 1 aliphatic rings. The van der Waals surface area contributed by atoms with E-state index in [1.165, 1.54) is 12.1 Å². The molecule has 3 rings (SSSR count). The first kappa shape index (κ1) is 22.0. The van der Waals surface area contributed by atoms with Crippen molar-refractivity contribution in [1.82, 2.24) is 20.7 Å². The molecule has 30 heavy (non-hydrogen) atoms. The van der Waals surface area contributed by atoms with Gasteiger partial charge in [-0.25, -0.2) is 4.39 Å². The van der Waals surface area contributed by atoms with Crippen molar-refractivity contribution in [3.05, 3.63) is 53.2 Å². The lowest BCUT2D eigenvalue weighted by Gasteiger charge is -2.24. The van der Waals surface area contributed by atoms with Crippen LogP contribution in [0.3, 0.4) is 0 Å². The molecule has 2 aromatic rings. The number of carbonyl (C=O) groups excluding carboxylic acids is 2. The van der Waals surface area contributed by atoms with Gasteiger partial charge in [0.15, 0.2) is 0 Å². The van der Waals surface area contributed by atoms with E-state index in [1.807, 2.05) is 0 Å². The number of hydrogen-bond donors (Lipinski definition) is 2. The van der Waals surface area contributed by atoms with Gasteiger partial charge >= 0.3 is 0 Å². The second-order valence-electron chi connectivity index (χ2n) is 7.96. The van der Waals surface area contributed by atoms with Crippen LogP contribution in [0.1, 0.15) is 42.7 Å². The highest BCUT2D eigenvalue weighted by atomic mass is 19.1. The molecule has 2 N–H and O–H groups in total. The third-order valence-corrected chi connectivity index (χ3v) is 5.45. The first-order valence-corrected chi connectivity index (χ1v) is 10.3. The molecule has 0 spiro atoms. The Bertz CT molecular complexity index is 852. The molecule has 8 heteroatoms. The summed E-state index contributed by atoms with van der Waals surface area (Å²) in [5.74, 6) is -0.0889. The maximum absolute atomic E-state index is 13.1. The van der Waals surface area contributed by atoms with Gasteiger partial charge in [-0.05, 0) is 37.5 Å². The summed E-state index contributed by atoms with van der Waals surface area (Å²) >= 11 is 0. The summed E-state index contributed by atoms with van der Waals surface area (Å²) in [6.45, 7) is 3.27. The Morgan fingerprint density at radius 1 is 1.27 bits per heavy atom. The van der Waals surface area contributed by atoms with Gasteiger partial charge in [-0.15, -0.1) is 0 Å². The first-order valence-electron chi connectivity index (χ1n) is 10.3. The van der Waals surface area contributed by atoms with Crippen molar-refractivity contribution < 1.29 is 18.5 Å². The summed E-state index contributed by atoms with van der Waals surface area (Å²) in [5.41, 5.74) is 1.66. The lowest BCUT2D eigenvalue weighted by molar-refractivity contribution is -0.135. The first-order chi connectivity index (χ1) is 14.4. The second-order valence-corrected chi connectivity index (χ2v) is 7.96. The van der Waals surface area contributed by atoms with Crippen molar-refractivity contribution in [1.29, 1.82) is 0 Å². The number of aryl methyl sites for hydroxylation is 1. The van der Waals surface area contributed by atoms with Crippen LogP contribution in [0.4, 0.5) is 4.39 Å². The smallest absolute Gasteiger partial charge is 0.223 e. The van der Waals surface area contributed by atoms with E-state index < -0.39 is 0 Å². The van der Waals surface area contributed by atoms with E-state index in [2.05, 4.69) is 15.8 Å². The summed E-state index contributed by atoms with van der Waals surface area (Å²) < 4.78 is 18.1. The molecule has 1 fully saturated rings. The summed E-state index contributed by atoms with van der Waals surface area (Å²) in [7, 11) is 1.77. The number of likely N-dealkylation sites (N-methyl/N-ethyl adjacent to an activating group) is 1. The third kappa shape index (κ3) is 6.38. The van der Waals surface area contributed by atoms with Gasteiger partial charge in [-0.1, -0.05) is 23.7 Å². The van der Waals surface area contributed by atoms with E-state index in [4.69, 9.17) is 4.52 Å². The van der Waals surface area contributed by atoms with E-state index in [0.717, 1.165) is 18.4 Å². The Hall–Kier alpha value is -2.74. The minimum atomic E-state index is -0.358. The zero-order valence-corrected chi connectivity index (χ0v) is 17.5. The van der Waals surface area contributed by atoms with Crippen LogP contribution < -0.4 is 10.6 Å². The standard InChI is InChI=1S/C22H29FN4O3/c1-15-10-20(26-30-15)13-25-22(29)17-4-3-5-19(14-27(2)21(28)11-17)24-12-16-6-8-18(23)9-7-16/h6-10,17,19,24H,3-5,11-14H2,1-2H3,(H,25,29). The van der Waals surface area contributed by atoms with E-state index in [-0.39, 0.29) is 36.0 Å². The Labute approximate surface area is 176 Å². The number of nitrogens with one attached hydrogen (secondary N) is 2. The van der Waals surface area contributed by atoms with Gasteiger partial charge in [0.25, 0.3) is 0 Å². The van der Waals surface area contributed by atoms with Gasteiger partial charge in [0.2, 0.25) is 11.8 Å². The third-order valence-electron chi connectivity index (χ3n) is 5.45. The Morgan fingerprint density at radius 2 is 2.03 bits per heavy atom. The molecule has 7 nitrogen and oxygen atoms in total. The molecule has 2 heterocycles. The monoisotopic (exact) mass is 416 g/mol. The largest absolute Gasteiger partial charge is 0.361 e. The van der Waals surface area contributed by atoms with Crippen LogP contribution in [0.25, 0.3) is 0 Å². The van der Waals surface area contributed by atoms with Crippen LogP contribution in [0, 0.1) is 18.7 Å². The summed E-state index contributed by atoms with van der Waals surface area (Å²) in [4.78, 5) is 26.9. The predicted molar refractivity (Wildman–Crippen MR) is 110 cm³/mol. The van der Waals surface area contributed by atoms with E-state index in [0.29, 0.717) is 37.5 Å². The summed E-state index contributed by atoms with van der Waals surface area (Å²) in [6.07, 6.45) is 2.54. The highest BCUT2D eigenvalue weighted by molar-refractivity contribution is 5.85. The Balaban J connectivity index is 1.53. The van der Waals surface area contributed by atoms with Crippen LogP contribution in [-0.4, -0.2) is 41.5 Å². The van der Waals surface area contributed by atoms with Gasteiger partial charge in [0.05, 0.1) is 6.54 Å². The van der Waals surface area contributed by atoms with Crippen LogP contribution >= 0.6 is 0 Å². The molecule has 1 saturated heterocycles. The molecule has 0 bridgehead atoms. The van der Waals surface area contributed by atoms with E-state index in [1.54, 1.807) is 37.1 Å². The molecule has 162 valence electrons. The lowest BCUT2D eigenvalue weighted by atomic mass is 9.96. The van der Waals surface area contributed by atoms with Crippen molar-refractivity contribution in [2.24, 2.45) is 5.92 Å². The fraction of sp³-hybridized carbons (Fsp3) is 0.500. The SMILES string of the molecule is Cc1cc(CNC(=O)C2CCCC(NCc3ccc(F)cc3)CN(C)C(=O)C2)no1. The molecular formula is C22H29FN4O3. The van der Waals surface area contributed by atoms with Gasteiger partial charge in [0.1, 0.15) is 17.3 Å². The molecule has 0 aliphatic carbocycles. The minimum absolute atomic E-state index is 0.0390. The van der Waals surface area contributed by atoms with Gasteiger partial charge < -0.3 is 20.1 Å². The van der Waals surface area contributed by atoms with Crippen molar-refractivity contribution in [3.63, 3.8) is 0 Å². The van der Waals surface area contributed by atoms with Crippen molar-refractivity contribution in [2.75, 3.05) is 13.6 Å². The van der Waals surface area contributed by atoms with Gasteiger partial charge in [0, 0.05) is 44.6 Å². The van der Waals surface area contributed by atoms with Crippen LogP contribution in [0.2, 0.25) is 0 Å². The number of aromatic nitrogens is 1. The fourth-order valence-electron chi connectivity index (χ4n) is 3.68. The topological polar surface area (TPSA) is 87.5 Å². The number of benzene rings is 1. The zero-order chi connectivity index (χ0) is 21.5. The number of carbonyl (C=O) groups is 2. The highest BCUT2D eigenvalue weighted by Gasteiger charge is 2.27. The van der Waals surface area contributed by atoms with Gasteiger partial charge in [-0.2, -0.15) is 0 Å². The summed E-state index contributed by atoms with van der Waals surface area (Å²) in [5, 5.41) is 10.2. The predicted octanol–water partition coefficient (Wildman–Crippen LogP) is 2.55. The Kier molecular flexibility index (Phi) is 7.57. The normalized spacial score (nSPS) is 20.4. The molecular weight excluding hydrogens is 387 g/mol. The quantitative estimate of drug-likeness (QED) is 0.756. The number of amides is 2. The minimum Gasteiger partial charge on any atom is -0.361 e. The van der Waals surface area contributed by atoms with E-state index >= 15 is 0 Å². The molecule has 1 aliphatic heterocycles. The second kappa shape index (κ2) is 10.3. The van der Waals surface area contributed by atoms with Crippen LogP contribution in [-0.2, 0) is 22.7 Å². The molecule has 1 aromatic heterocycles. The fourth-order valence-corrected chi connectivity index (χ4v) is 3.68. The maximum Gasteiger partial charge on any atom is 0.223 e.